The number of nitro groups is 1. The van der Waals surface area contributed by atoms with Crippen molar-refractivity contribution in [2.75, 3.05) is 19.0 Å². The number of nitro benzene ring substituents is 1. The van der Waals surface area contributed by atoms with Crippen LogP contribution < -0.4 is 10.1 Å². The first-order valence-electron chi connectivity index (χ1n) is 7.21. The molecule has 0 radical (unpaired) electrons. The maximum Gasteiger partial charge on any atom is 0.311 e. The lowest BCUT2D eigenvalue weighted by molar-refractivity contribution is -0.385. The summed E-state index contributed by atoms with van der Waals surface area (Å²) in [6.45, 7) is 1.17. The summed E-state index contributed by atoms with van der Waals surface area (Å²) in [5.74, 6) is -1.02. The second-order valence-electron chi connectivity index (χ2n) is 5.06. The van der Waals surface area contributed by atoms with Gasteiger partial charge in [0.15, 0.2) is 12.4 Å². The summed E-state index contributed by atoms with van der Waals surface area (Å²) >= 11 is 1.43. The van der Waals surface area contributed by atoms with Gasteiger partial charge in [-0.3, -0.25) is 19.7 Å². The molecule has 9 heteroatoms. The summed E-state index contributed by atoms with van der Waals surface area (Å²) < 4.78 is 9.89. The molecule has 0 saturated heterocycles. The Balaban J connectivity index is 1.96. The molecule has 0 aliphatic carbocycles. The molecule has 8 nitrogen and oxygen atoms in total. The van der Waals surface area contributed by atoms with Crippen molar-refractivity contribution in [2.24, 2.45) is 0 Å². The summed E-state index contributed by atoms with van der Waals surface area (Å²) in [6, 6.07) is 6.29. The number of nitrogens with zero attached hydrogens (tertiary/aromatic N) is 1. The van der Waals surface area contributed by atoms with Crippen LogP contribution in [-0.4, -0.2) is 30.5 Å². The Morgan fingerprint density at radius 2 is 2.12 bits per heavy atom. The Bertz CT molecular complexity index is 788. The molecule has 0 fully saturated rings. The third-order valence-electron chi connectivity index (χ3n) is 3.26. The van der Waals surface area contributed by atoms with E-state index in [1.54, 1.807) is 13.0 Å². The predicted octanol–water partition coefficient (Wildman–Crippen LogP) is 2.70. The highest BCUT2D eigenvalue weighted by atomic mass is 32.1. The smallest absolute Gasteiger partial charge is 0.311 e. The maximum absolute atomic E-state index is 11.9. The molecule has 0 atom stereocenters. The first-order chi connectivity index (χ1) is 11.9. The van der Waals surface area contributed by atoms with Crippen LogP contribution in [0.5, 0.6) is 5.75 Å². The van der Waals surface area contributed by atoms with Crippen LogP contribution in [-0.2, 0) is 20.7 Å². The highest BCUT2D eigenvalue weighted by molar-refractivity contribution is 7.10. The van der Waals surface area contributed by atoms with Gasteiger partial charge in [-0.05, 0) is 23.9 Å². The number of hydrogen-bond acceptors (Lipinski definition) is 7. The zero-order valence-electron chi connectivity index (χ0n) is 13.6. The van der Waals surface area contributed by atoms with Gasteiger partial charge in [-0.1, -0.05) is 6.07 Å². The Kier molecular flexibility index (Phi) is 6.07. The average molecular weight is 364 g/mol. The van der Waals surface area contributed by atoms with Crippen molar-refractivity contribution in [1.29, 1.82) is 0 Å². The number of carbonyl (C=O) groups is 2. The van der Waals surface area contributed by atoms with Crippen molar-refractivity contribution in [3.8, 4) is 5.75 Å². The second-order valence-corrected chi connectivity index (χ2v) is 6.09. The van der Waals surface area contributed by atoms with Crippen LogP contribution in [0.25, 0.3) is 0 Å². The largest absolute Gasteiger partial charge is 0.490 e. The zero-order valence-corrected chi connectivity index (χ0v) is 14.4. The van der Waals surface area contributed by atoms with E-state index in [4.69, 9.17) is 9.47 Å². The number of thiophene rings is 1. The van der Waals surface area contributed by atoms with Crippen molar-refractivity contribution in [2.45, 2.75) is 13.3 Å². The number of esters is 1. The molecule has 0 spiro atoms. The van der Waals surface area contributed by atoms with Gasteiger partial charge >= 0.3 is 11.7 Å². The van der Waals surface area contributed by atoms with Crippen LogP contribution in [0, 0.1) is 17.0 Å². The molecule has 0 bridgehead atoms. The highest BCUT2D eigenvalue weighted by Gasteiger charge is 2.18. The van der Waals surface area contributed by atoms with Gasteiger partial charge in [0, 0.05) is 22.7 Å². The van der Waals surface area contributed by atoms with E-state index in [2.05, 4.69) is 5.32 Å². The number of amides is 1. The first kappa shape index (κ1) is 18.4. The SMILES string of the molecule is COc1cc(NC(=O)COC(=O)Cc2cccs2)c(C)cc1[N+](=O)[O-]. The number of aryl methyl sites for hydroxylation is 1. The van der Waals surface area contributed by atoms with Crippen LogP contribution in [0.15, 0.2) is 29.6 Å². The molecular formula is C16H16N2O6S. The molecule has 1 heterocycles. The number of anilines is 1. The van der Waals surface area contributed by atoms with Gasteiger partial charge in [-0.15, -0.1) is 11.3 Å². The van der Waals surface area contributed by atoms with Crippen molar-refractivity contribution in [3.63, 3.8) is 0 Å². The van der Waals surface area contributed by atoms with E-state index in [0.717, 1.165) is 4.88 Å². The molecule has 0 unspecified atom stereocenters. The minimum Gasteiger partial charge on any atom is -0.490 e. The van der Waals surface area contributed by atoms with Gasteiger partial charge in [0.25, 0.3) is 5.91 Å². The highest BCUT2D eigenvalue weighted by Crippen LogP contribution is 2.32. The molecule has 132 valence electrons. The summed E-state index contributed by atoms with van der Waals surface area (Å²) in [4.78, 5) is 34.8. The quantitative estimate of drug-likeness (QED) is 0.460. The van der Waals surface area contributed by atoms with Crippen LogP contribution in [0.3, 0.4) is 0 Å². The Labute approximate surface area is 147 Å². The molecule has 2 aromatic rings. The summed E-state index contributed by atoms with van der Waals surface area (Å²) in [5, 5.41) is 15.4. The van der Waals surface area contributed by atoms with Crippen LogP contribution in [0.2, 0.25) is 0 Å². The fourth-order valence-electron chi connectivity index (χ4n) is 2.05. The molecule has 1 N–H and O–H groups in total. The van der Waals surface area contributed by atoms with Gasteiger partial charge in [0.2, 0.25) is 0 Å². The lowest BCUT2D eigenvalue weighted by Gasteiger charge is -2.11. The summed E-state index contributed by atoms with van der Waals surface area (Å²) in [7, 11) is 1.30. The van der Waals surface area contributed by atoms with E-state index >= 15 is 0 Å². The summed E-state index contributed by atoms with van der Waals surface area (Å²) in [5.41, 5.74) is 0.646. The van der Waals surface area contributed by atoms with Crippen molar-refractivity contribution >= 4 is 34.6 Å². The lowest BCUT2D eigenvalue weighted by atomic mass is 10.1. The van der Waals surface area contributed by atoms with Crippen LogP contribution in [0.1, 0.15) is 10.4 Å². The van der Waals surface area contributed by atoms with Gasteiger partial charge in [-0.2, -0.15) is 0 Å². The maximum atomic E-state index is 11.9. The fourth-order valence-corrected chi connectivity index (χ4v) is 2.74. The fraction of sp³-hybridized carbons (Fsp3) is 0.250. The van der Waals surface area contributed by atoms with Crippen molar-refractivity contribution in [3.05, 3.63) is 50.2 Å². The third kappa shape index (κ3) is 5.01. The molecule has 1 aromatic carbocycles. The van der Waals surface area contributed by atoms with E-state index in [-0.39, 0.29) is 17.9 Å². The van der Waals surface area contributed by atoms with E-state index in [1.165, 1.54) is 30.6 Å². The normalized spacial score (nSPS) is 10.2. The Morgan fingerprint density at radius 3 is 2.72 bits per heavy atom. The monoisotopic (exact) mass is 364 g/mol. The Morgan fingerprint density at radius 1 is 1.36 bits per heavy atom. The van der Waals surface area contributed by atoms with Crippen LogP contribution >= 0.6 is 11.3 Å². The molecule has 0 aliphatic heterocycles. The molecule has 1 amide bonds. The molecular weight excluding hydrogens is 348 g/mol. The van der Waals surface area contributed by atoms with Gasteiger partial charge in [0.1, 0.15) is 0 Å². The minimum atomic E-state index is -0.566. The molecule has 0 saturated carbocycles. The van der Waals surface area contributed by atoms with Crippen molar-refractivity contribution in [1.82, 2.24) is 0 Å². The lowest BCUT2D eigenvalue weighted by Crippen LogP contribution is -2.22. The standard InChI is InChI=1S/C16H16N2O6S/c1-10-6-13(18(21)22)14(23-2)8-12(10)17-15(19)9-24-16(20)7-11-4-3-5-25-11/h3-6,8H,7,9H2,1-2H3,(H,17,19). The Hall–Kier alpha value is -2.94. The number of benzene rings is 1. The van der Waals surface area contributed by atoms with Gasteiger partial charge in [-0.25, -0.2) is 0 Å². The van der Waals surface area contributed by atoms with Crippen molar-refractivity contribution < 1.29 is 24.0 Å². The van der Waals surface area contributed by atoms with E-state index in [9.17, 15) is 19.7 Å². The zero-order chi connectivity index (χ0) is 18.4. The summed E-state index contributed by atoms with van der Waals surface area (Å²) in [6.07, 6.45) is 0.106. The third-order valence-corrected chi connectivity index (χ3v) is 4.14. The van der Waals surface area contributed by atoms with E-state index in [0.29, 0.717) is 11.3 Å². The topological polar surface area (TPSA) is 108 Å². The van der Waals surface area contributed by atoms with Gasteiger partial charge < -0.3 is 14.8 Å². The van der Waals surface area contributed by atoms with E-state index < -0.39 is 23.4 Å². The van der Waals surface area contributed by atoms with Gasteiger partial charge in [0.05, 0.1) is 18.5 Å². The number of nitrogens with one attached hydrogen (secondary N) is 1. The van der Waals surface area contributed by atoms with E-state index in [1.807, 2.05) is 11.4 Å². The molecule has 25 heavy (non-hydrogen) atoms. The number of hydrogen-bond donors (Lipinski definition) is 1. The second kappa shape index (κ2) is 8.25. The number of rotatable bonds is 7. The molecule has 1 aromatic heterocycles. The number of ether oxygens (including phenoxy) is 2. The minimum absolute atomic E-state index is 0.0283. The van der Waals surface area contributed by atoms with Crippen LogP contribution in [0.4, 0.5) is 11.4 Å². The molecule has 0 aliphatic rings. The predicted molar refractivity (Wildman–Crippen MR) is 92.0 cm³/mol. The number of methoxy groups -OCH3 is 1. The number of carbonyl (C=O) groups excluding carboxylic acids is 2. The first-order valence-corrected chi connectivity index (χ1v) is 8.09. The average Bonchev–Trinajstić information content (AvgIpc) is 3.07. The molecule has 2 rings (SSSR count).